The first-order valence-corrected chi connectivity index (χ1v) is 11.7. The van der Waals surface area contributed by atoms with Gasteiger partial charge in [0.1, 0.15) is 12.4 Å². The van der Waals surface area contributed by atoms with Crippen molar-refractivity contribution in [3.8, 4) is 5.75 Å². The Balaban J connectivity index is 1.63. The third-order valence-corrected chi connectivity index (χ3v) is 5.96. The number of hydrogen-bond donors (Lipinski definition) is 0. The molecule has 5 rings (SSSR count). The molecule has 0 fully saturated rings. The molecule has 1 aliphatic heterocycles. The summed E-state index contributed by atoms with van der Waals surface area (Å²) in [5.74, 6) is 1.04. The highest BCUT2D eigenvalue weighted by Gasteiger charge is 2.40. The Morgan fingerprint density at radius 3 is 2.20 bits per heavy atom. The van der Waals surface area contributed by atoms with Crippen molar-refractivity contribution in [3.05, 3.63) is 126 Å². The smallest absolute Gasteiger partial charge is 0.198 e. The topological polar surface area (TPSA) is 45.1 Å². The van der Waals surface area contributed by atoms with Crippen LogP contribution in [0.4, 0.5) is 11.4 Å². The quantitative estimate of drug-likeness (QED) is 0.315. The van der Waals surface area contributed by atoms with E-state index in [1.165, 1.54) is 0 Å². The molecule has 5 nitrogen and oxygen atoms in total. The summed E-state index contributed by atoms with van der Waals surface area (Å²) in [4.78, 5) is 14.8. The highest BCUT2D eigenvalue weighted by molar-refractivity contribution is 6.44. The van der Waals surface area contributed by atoms with Gasteiger partial charge in [-0.3, -0.25) is 9.69 Å². The van der Waals surface area contributed by atoms with Gasteiger partial charge in [0.2, 0.25) is 0 Å². The Hall–Kier alpha value is -4.38. The molecule has 0 saturated carbocycles. The van der Waals surface area contributed by atoms with Gasteiger partial charge in [0, 0.05) is 18.2 Å². The van der Waals surface area contributed by atoms with Crippen molar-refractivity contribution in [1.29, 1.82) is 0 Å². The van der Waals surface area contributed by atoms with Crippen LogP contribution in [0.2, 0.25) is 0 Å². The van der Waals surface area contributed by atoms with Gasteiger partial charge < -0.3 is 4.74 Å². The van der Waals surface area contributed by atoms with Crippen LogP contribution in [0.3, 0.4) is 0 Å². The number of ketones is 1. The van der Waals surface area contributed by atoms with Crippen LogP contribution in [0.5, 0.6) is 5.75 Å². The number of carbonyl (C=O) groups is 1. The van der Waals surface area contributed by atoms with E-state index in [4.69, 9.17) is 9.84 Å². The second-order valence-corrected chi connectivity index (χ2v) is 8.55. The molecule has 4 aromatic rings. The Bertz CT molecular complexity index is 1350. The zero-order valence-corrected chi connectivity index (χ0v) is 19.8. The molecule has 4 aromatic carbocycles. The maximum atomic E-state index is 12.8. The van der Waals surface area contributed by atoms with E-state index in [-0.39, 0.29) is 5.78 Å². The van der Waals surface area contributed by atoms with Crippen molar-refractivity contribution in [1.82, 2.24) is 0 Å². The molecule has 0 bridgehead atoms. The van der Waals surface area contributed by atoms with Gasteiger partial charge >= 0.3 is 0 Å². The van der Waals surface area contributed by atoms with Crippen LogP contribution in [0.25, 0.3) is 0 Å². The van der Waals surface area contributed by atoms with E-state index in [9.17, 15) is 4.79 Å². The molecule has 0 aliphatic carbocycles. The molecule has 0 amide bonds. The van der Waals surface area contributed by atoms with Crippen molar-refractivity contribution in [2.24, 2.45) is 5.10 Å². The third kappa shape index (κ3) is 4.66. The van der Waals surface area contributed by atoms with Crippen molar-refractivity contribution < 1.29 is 9.53 Å². The van der Waals surface area contributed by atoms with Gasteiger partial charge in [-0.25, -0.2) is 5.01 Å². The first-order chi connectivity index (χ1) is 17.1. The van der Waals surface area contributed by atoms with Gasteiger partial charge in [0.15, 0.2) is 17.8 Å². The lowest BCUT2D eigenvalue weighted by molar-refractivity contribution is -0.111. The summed E-state index contributed by atoms with van der Waals surface area (Å²) in [5, 5.41) is 6.74. The lowest BCUT2D eigenvalue weighted by Crippen LogP contribution is -2.38. The normalized spacial score (nSPS) is 15.1. The first kappa shape index (κ1) is 22.4. The maximum absolute atomic E-state index is 12.8. The van der Waals surface area contributed by atoms with Gasteiger partial charge in [-0.1, -0.05) is 78.9 Å². The summed E-state index contributed by atoms with van der Waals surface area (Å²) in [6.07, 6.45) is -0.398. The van der Waals surface area contributed by atoms with Crippen molar-refractivity contribution >= 4 is 23.0 Å². The second-order valence-electron chi connectivity index (χ2n) is 8.55. The predicted molar refractivity (Wildman–Crippen MR) is 141 cm³/mol. The number of para-hydroxylation sites is 2. The van der Waals surface area contributed by atoms with Crippen molar-refractivity contribution in [2.75, 3.05) is 9.91 Å². The Labute approximate surface area is 205 Å². The minimum atomic E-state index is -0.398. The fourth-order valence-corrected chi connectivity index (χ4v) is 4.32. The third-order valence-electron chi connectivity index (χ3n) is 5.96. The van der Waals surface area contributed by atoms with E-state index >= 15 is 0 Å². The fraction of sp³-hybridized carbons (Fsp3) is 0.133. The molecule has 1 aliphatic rings. The summed E-state index contributed by atoms with van der Waals surface area (Å²) in [5.41, 5.74) is 4.92. The number of rotatable bonds is 7. The molecule has 174 valence electrons. The number of Topliss-reactive ketones (excluding diaryl/α,β-unsaturated/α-hetero) is 1. The molecule has 35 heavy (non-hydrogen) atoms. The van der Waals surface area contributed by atoms with Gasteiger partial charge in [-0.05, 0) is 48.4 Å². The summed E-state index contributed by atoms with van der Waals surface area (Å²) in [6.45, 7) is 4.05. The summed E-state index contributed by atoms with van der Waals surface area (Å²) >= 11 is 0. The summed E-state index contributed by atoms with van der Waals surface area (Å²) in [7, 11) is 0. The Kier molecular flexibility index (Phi) is 6.31. The predicted octanol–water partition coefficient (Wildman–Crippen LogP) is 6.50. The SMILES string of the molecule is CC(=O)C1=NN(c2ccccc2)[C@H](c2ccccc2OCc2ccccc2)N1c1cccc(C)c1. The average Bonchev–Trinajstić information content (AvgIpc) is 3.30. The van der Waals surface area contributed by atoms with Crippen LogP contribution >= 0.6 is 0 Å². The molecule has 0 spiro atoms. The molecule has 5 heteroatoms. The highest BCUT2D eigenvalue weighted by Crippen LogP contribution is 2.42. The minimum Gasteiger partial charge on any atom is -0.488 e. The van der Waals surface area contributed by atoms with E-state index in [0.29, 0.717) is 12.4 Å². The number of carbonyl (C=O) groups excluding carboxylic acids is 1. The largest absolute Gasteiger partial charge is 0.488 e. The lowest BCUT2D eigenvalue weighted by Gasteiger charge is -2.33. The Morgan fingerprint density at radius 2 is 1.49 bits per heavy atom. The minimum absolute atomic E-state index is 0.0994. The standard InChI is InChI=1S/C30H27N3O2/c1-22-12-11-17-26(20-22)32-29(23(2)34)31-33(25-15-7-4-8-16-25)30(32)27-18-9-10-19-28(27)35-21-24-13-5-3-6-14-24/h3-20,30H,21H2,1-2H3/t30-/m1/s1. The van der Waals surface area contributed by atoms with Crippen LogP contribution in [-0.4, -0.2) is 11.6 Å². The van der Waals surface area contributed by atoms with E-state index in [1.54, 1.807) is 6.92 Å². The van der Waals surface area contributed by atoms with Crippen LogP contribution in [0.15, 0.2) is 114 Å². The van der Waals surface area contributed by atoms with Gasteiger partial charge in [0.05, 0.1) is 5.69 Å². The number of nitrogens with zero attached hydrogens (tertiary/aromatic N) is 3. The van der Waals surface area contributed by atoms with Gasteiger partial charge in [0.25, 0.3) is 0 Å². The number of amidine groups is 1. The molecule has 0 unspecified atom stereocenters. The number of anilines is 2. The maximum Gasteiger partial charge on any atom is 0.198 e. The number of hydrazone groups is 1. The number of benzene rings is 4. The fourth-order valence-electron chi connectivity index (χ4n) is 4.32. The number of aryl methyl sites for hydroxylation is 1. The van der Waals surface area contributed by atoms with E-state index in [0.717, 1.165) is 33.8 Å². The zero-order valence-electron chi connectivity index (χ0n) is 19.8. The summed E-state index contributed by atoms with van der Waals surface area (Å²) < 4.78 is 6.33. The monoisotopic (exact) mass is 461 g/mol. The highest BCUT2D eigenvalue weighted by atomic mass is 16.5. The molecule has 1 atom stereocenters. The van der Waals surface area contributed by atoms with Crippen LogP contribution in [0.1, 0.15) is 29.8 Å². The number of hydrogen-bond acceptors (Lipinski definition) is 5. The Morgan fingerprint density at radius 1 is 0.829 bits per heavy atom. The van der Waals surface area contributed by atoms with E-state index in [1.807, 2.05) is 120 Å². The molecule has 0 saturated heterocycles. The molecule has 1 heterocycles. The molecule has 0 radical (unpaired) electrons. The van der Waals surface area contributed by atoms with Gasteiger partial charge in [-0.2, -0.15) is 0 Å². The lowest BCUT2D eigenvalue weighted by atomic mass is 10.1. The van der Waals surface area contributed by atoms with Crippen molar-refractivity contribution in [3.63, 3.8) is 0 Å². The number of ether oxygens (including phenoxy) is 1. The zero-order chi connectivity index (χ0) is 24.2. The first-order valence-electron chi connectivity index (χ1n) is 11.7. The van der Waals surface area contributed by atoms with Crippen molar-refractivity contribution in [2.45, 2.75) is 26.6 Å². The molecular formula is C30H27N3O2. The van der Waals surface area contributed by atoms with Crippen LogP contribution < -0.4 is 14.6 Å². The van der Waals surface area contributed by atoms with Gasteiger partial charge in [-0.15, -0.1) is 5.10 Å². The van der Waals surface area contributed by atoms with Crippen LogP contribution in [0, 0.1) is 6.92 Å². The van der Waals surface area contributed by atoms with Crippen LogP contribution in [-0.2, 0) is 11.4 Å². The molecule has 0 N–H and O–H groups in total. The summed E-state index contributed by atoms with van der Waals surface area (Å²) in [6, 6.07) is 36.1. The molecular weight excluding hydrogens is 434 g/mol. The average molecular weight is 462 g/mol. The second kappa shape index (κ2) is 9.85. The molecule has 0 aromatic heterocycles. The van der Waals surface area contributed by atoms with E-state index in [2.05, 4.69) is 6.07 Å². The van der Waals surface area contributed by atoms with E-state index < -0.39 is 6.17 Å².